The molecule has 5 heteroatoms. The number of benzene rings is 2. The fraction of sp³-hybridized carbons (Fsp3) is 0.462. The van der Waals surface area contributed by atoms with Crippen molar-refractivity contribution in [3.63, 3.8) is 0 Å². The van der Waals surface area contributed by atoms with Gasteiger partial charge in [-0.3, -0.25) is 9.59 Å². The number of hydrogen-bond acceptors (Lipinski definition) is 3. The fourth-order valence-corrected chi connectivity index (χ4v) is 4.99. The number of amides is 1. The van der Waals surface area contributed by atoms with Crippen molar-refractivity contribution in [3.8, 4) is 16.9 Å². The maximum absolute atomic E-state index is 13.0. The molecule has 2 atom stereocenters. The number of fused-ring (bicyclic) bond motifs is 1. The van der Waals surface area contributed by atoms with Gasteiger partial charge in [-0.2, -0.15) is 0 Å². The van der Waals surface area contributed by atoms with Crippen LogP contribution in [0.4, 0.5) is 5.69 Å². The molecule has 2 aromatic carbocycles. The van der Waals surface area contributed by atoms with E-state index in [1.807, 2.05) is 30.9 Å². The zero-order valence-electron chi connectivity index (χ0n) is 19.2. The van der Waals surface area contributed by atoms with Gasteiger partial charge in [0.2, 0.25) is 5.91 Å². The molecule has 164 valence electrons. The number of carbonyl (C=O) groups is 2. The third kappa shape index (κ3) is 3.60. The zero-order valence-corrected chi connectivity index (χ0v) is 19.2. The molecule has 0 spiro atoms. The van der Waals surface area contributed by atoms with Crippen LogP contribution >= 0.6 is 0 Å². The van der Waals surface area contributed by atoms with E-state index in [2.05, 4.69) is 39.0 Å². The Kier molecular flexibility index (Phi) is 5.11. The summed E-state index contributed by atoms with van der Waals surface area (Å²) in [5.74, 6) is -0.101. The SMILES string of the molecule is COc1ccc(C2C[C@H]2C(=O)O)cc1-c1cc2c(cc1C)C(C)(C)CC(=O)N2C(C)C. The summed E-state index contributed by atoms with van der Waals surface area (Å²) in [4.78, 5) is 26.2. The van der Waals surface area contributed by atoms with Gasteiger partial charge in [0.1, 0.15) is 5.75 Å². The molecular formula is C26H31NO4. The number of ether oxygens (including phenoxy) is 1. The summed E-state index contributed by atoms with van der Waals surface area (Å²) in [6.45, 7) is 10.4. The van der Waals surface area contributed by atoms with Crippen molar-refractivity contribution in [1.29, 1.82) is 0 Å². The zero-order chi connectivity index (χ0) is 22.7. The number of hydrogen-bond donors (Lipinski definition) is 1. The van der Waals surface area contributed by atoms with Crippen LogP contribution in [0.1, 0.15) is 63.1 Å². The molecule has 31 heavy (non-hydrogen) atoms. The highest BCUT2D eigenvalue weighted by Crippen LogP contribution is 2.50. The summed E-state index contributed by atoms with van der Waals surface area (Å²) < 4.78 is 5.67. The second kappa shape index (κ2) is 7.40. The van der Waals surface area contributed by atoms with Crippen molar-refractivity contribution in [2.45, 2.75) is 64.8 Å². The number of carbonyl (C=O) groups excluding carboxylic acids is 1. The van der Waals surface area contributed by atoms with Gasteiger partial charge in [0, 0.05) is 29.1 Å². The molecule has 1 fully saturated rings. The monoisotopic (exact) mass is 421 g/mol. The van der Waals surface area contributed by atoms with Crippen molar-refractivity contribution in [3.05, 3.63) is 47.0 Å². The summed E-state index contributed by atoms with van der Waals surface area (Å²) >= 11 is 0. The van der Waals surface area contributed by atoms with Crippen LogP contribution in [-0.4, -0.2) is 30.1 Å². The van der Waals surface area contributed by atoms with Gasteiger partial charge in [-0.05, 0) is 73.6 Å². The Morgan fingerprint density at radius 1 is 1.19 bits per heavy atom. The first-order chi connectivity index (χ1) is 14.5. The minimum atomic E-state index is -0.736. The average Bonchev–Trinajstić information content (AvgIpc) is 3.48. The number of carboxylic acid groups (broad SMARTS) is 1. The van der Waals surface area contributed by atoms with E-state index in [9.17, 15) is 14.7 Å². The van der Waals surface area contributed by atoms with E-state index in [4.69, 9.17) is 4.74 Å². The molecule has 1 amide bonds. The highest BCUT2D eigenvalue weighted by Gasteiger charge is 2.44. The van der Waals surface area contributed by atoms with Crippen molar-refractivity contribution in [2.75, 3.05) is 12.0 Å². The van der Waals surface area contributed by atoms with E-state index in [0.717, 1.165) is 33.7 Å². The Labute approximate surface area is 184 Å². The first-order valence-electron chi connectivity index (χ1n) is 10.9. The average molecular weight is 422 g/mol. The van der Waals surface area contributed by atoms with Crippen LogP contribution in [0.3, 0.4) is 0 Å². The van der Waals surface area contributed by atoms with Gasteiger partial charge >= 0.3 is 5.97 Å². The van der Waals surface area contributed by atoms with E-state index in [1.54, 1.807) is 7.11 Å². The third-order valence-corrected chi connectivity index (χ3v) is 6.76. The molecule has 0 saturated heterocycles. The summed E-state index contributed by atoms with van der Waals surface area (Å²) in [6, 6.07) is 10.3. The molecular weight excluding hydrogens is 390 g/mol. The van der Waals surface area contributed by atoms with Gasteiger partial charge in [-0.1, -0.05) is 26.0 Å². The highest BCUT2D eigenvalue weighted by molar-refractivity contribution is 5.99. The molecule has 1 saturated carbocycles. The van der Waals surface area contributed by atoms with E-state index in [-0.39, 0.29) is 29.2 Å². The van der Waals surface area contributed by atoms with Crippen LogP contribution in [0.25, 0.3) is 11.1 Å². The van der Waals surface area contributed by atoms with Crippen LogP contribution in [0.2, 0.25) is 0 Å². The lowest BCUT2D eigenvalue weighted by Crippen LogP contribution is -2.45. The number of carboxylic acids is 1. The van der Waals surface area contributed by atoms with E-state index >= 15 is 0 Å². The molecule has 2 aliphatic rings. The highest BCUT2D eigenvalue weighted by atomic mass is 16.5. The molecule has 4 rings (SSSR count). The first-order valence-corrected chi connectivity index (χ1v) is 10.9. The number of aryl methyl sites for hydroxylation is 1. The lowest BCUT2D eigenvalue weighted by molar-refractivity contribution is -0.138. The van der Waals surface area contributed by atoms with E-state index in [0.29, 0.717) is 12.8 Å². The van der Waals surface area contributed by atoms with Crippen molar-refractivity contribution < 1.29 is 19.4 Å². The standard InChI is InChI=1S/C26H31NO4/c1-14(2)27-22-12-17(15(3)9-21(22)26(4,5)13-24(27)28)19-10-16(7-8-23(19)31-6)18-11-20(18)25(29)30/h7-10,12,14,18,20H,11,13H2,1-6H3,(H,29,30)/t18?,20-/m1/s1. The quantitative estimate of drug-likeness (QED) is 0.713. The van der Waals surface area contributed by atoms with E-state index in [1.165, 1.54) is 5.56 Å². The van der Waals surface area contributed by atoms with Crippen LogP contribution in [0.15, 0.2) is 30.3 Å². The molecule has 1 aliphatic heterocycles. The van der Waals surface area contributed by atoms with E-state index < -0.39 is 5.97 Å². The minimum Gasteiger partial charge on any atom is -0.496 e. The van der Waals surface area contributed by atoms with Gasteiger partial charge in [-0.25, -0.2) is 0 Å². The molecule has 2 aromatic rings. The van der Waals surface area contributed by atoms with Crippen LogP contribution in [-0.2, 0) is 15.0 Å². The Morgan fingerprint density at radius 2 is 1.90 bits per heavy atom. The number of nitrogens with zero attached hydrogens (tertiary/aromatic N) is 1. The van der Waals surface area contributed by atoms with Gasteiger partial charge in [0.25, 0.3) is 0 Å². The summed E-state index contributed by atoms with van der Waals surface area (Å²) in [5.41, 5.74) is 6.01. The maximum Gasteiger partial charge on any atom is 0.307 e. The molecule has 0 bridgehead atoms. The lowest BCUT2D eigenvalue weighted by atomic mass is 9.75. The fourth-order valence-electron chi connectivity index (χ4n) is 4.99. The summed E-state index contributed by atoms with van der Waals surface area (Å²) in [5, 5.41) is 9.34. The van der Waals surface area contributed by atoms with Crippen LogP contribution in [0, 0.1) is 12.8 Å². The number of rotatable bonds is 5. The second-order valence-corrected chi connectivity index (χ2v) is 9.85. The summed E-state index contributed by atoms with van der Waals surface area (Å²) in [6.07, 6.45) is 1.17. The molecule has 1 N–H and O–H groups in total. The normalized spacial score (nSPS) is 21.8. The lowest BCUT2D eigenvalue weighted by Gasteiger charge is -2.41. The molecule has 0 radical (unpaired) electrons. The van der Waals surface area contributed by atoms with Gasteiger partial charge in [0.05, 0.1) is 13.0 Å². The number of anilines is 1. The van der Waals surface area contributed by atoms with Crippen molar-refractivity contribution in [2.24, 2.45) is 5.92 Å². The van der Waals surface area contributed by atoms with Crippen molar-refractivity contribution in [1.82, 2.24) is 0 Å². The molecule has 1 unspecified atom stereocenters. The maximum atomic E-state index is 13.0. The molecule has 5 nitrogen and oxygen atoms in total. The molecule has 1 heterocycles. The van der Waals surface area contributed by atoms with Crippen molar-refractivity contribution >= 4 is 17.6 Å². The Hall–Kier alpha value is -2.82. The third-order valence-electron chi connectivity index (χ3n) is 6.76. The van der Waals surface area contributed by atoms with Gasteiger partial charge < -0.3 is 14.7 Å². The molecule has 1 aliphatic carbocycles. The second-order valence-electron chi connectivity index (χ2n) is 9.85. The largest absolute Gasteiger partial charge is 0.496 e. The number of methoxy groups -OCH3 is 1. The Bertz CT molecular complexity index is 1070. The molecule has 0 aromatic heterocycles. The topological polar surface area (TPSA) is 66.8 Å². The number of aliphatic carboxylic acids is 1. The Morgan fingerprint density at radius 3 is 2.48 bits per heavy atom. The predicted molar refractivity (Wildman–Crippen MR) is 122 cm³/mol. The van der Waals surface area contributed by atoms with Gasteiger partial charge in [0.15, 0.2) is 0 Å². The smallest absolute Gasteiger partial charge is 0.307 e. The van der Waals surface area contributed by atoms with Crippen LogP contribution in [0.5, 0.6) is 5.75 Å². The van der Waals surface area contributed by atoms with Gasteiger partial charge in [-0.15, -0.1) is 0 Å². The van der Waals surface area contributed by atoms with Crippen LogP contribution < -0.4 is 9.64 Å². The predicted octanol–water partition coefficient (Wildman–Crippen LogP) is 5.28. The minimum absolute atomic E-state index is 0.0489. The summed E-state index contributed by atoms with van der Waals surface area (Å²) in [7, 11) is 1.65. The Balaban J connectivity index is 1.88. The first kappa shape index (κ1) is 21.4.